The number of carbonyl (C=O) groups is 1. The van der Waals surface area contributed by atoms with Crippen molar-refractivity contribution in [2.24, 2.45) is 0 Å². The summed E-state index contributed by atoms with van der Waals surface area (Å²) in [6.45, 7) is 7.71. The van der Waals surface area contributed by atoms with Gasteiger partial charge in [-0.3, -0.25) is 9.78 Å². The highest BCUT2D eigenvalue weighted by atomic mass is 16.1. The summed E-state index contributed by atoms with van der Waals surface area (Å²) in [5.41, 5.74) is 4.42. The lowest BCUT2D eigenvalue weighted by molar-refractivity contribution is -0.116. The van der Waals surface area contributed by atoms with Gasteiger partial charge in [-0.2, -0.15) is 0 Å². The molecule has 1 amide bonds. The van der Waals surface area contributed by atoms with Crippen molar-refractivity contribution in [1.82, 2.24) is 10.3 Å². The molecule has 0 bridgehead atoms. The lowest BCUT2D eigenvalue weighted by Gasteiger charge is -2.16. The first-order valence-electron chi connectivity index (χ1n) is 8.07. The van der Waals surface area contributed by atoms with Crippen LogP contribution in [0, 0.1) is 6.92 Å². The van der Waals surface area contributed by atoms with Crippen LogP contribution in [0.2, 0.25) is 0 Å². The number of hydrogen-bond acceptors (Lipinski definition) is 3. The number of aryl methyl sites for hydroxylation is 1. The van der Waals surface area contributed by atoms with Crippen molar-refractivity contribution in [1.29, 1.82) is 0 Å². The van der Waals surface area contributed by atoms with Crippen LogP contribution in [0.15, 0.2) is 42.7 Å². The summed E-state index contributed by atoms with van der Waals surface area (Å²) in [5.74, 6) is 0.429. The molecule has 0 saturated heterocycles. The van der Waals surface area contributed by atoms with Gasteiger partial charge in [0.15, 0.2) is 0 Å². The zero-order valence-corrected chi connectivity index (χ0v) is 14.1. The van der Waals surface area contributed by atoms with Crippen molar-refractivity contribution < 1.29 is 4.79 Å². The largest absolute Gasteiger partial charge is 0.326 e. The first-order valence-corrected chi connectivity index (χ1v) is 8.07. The Balaban J connectivity index is 1.83. The Labute approximate surface area is 138 Å². The van der Waals surface area contributed by atoms with Crippen molar-refractivity contribution in [3.63, 3.8) is 0 Å². The number of pyridine rings is 1. The summed E-state index contributed by atoms with van der Waals surface area (Å²) in [5, 5.41) is 6.35. The van der Waals surface area contributed by atoms with Gasteiger partial charge in [0.05, 0.1) is 0 Å². The van der Waals surface area contributed by atoms with E-state index in [1.165, 1.54) is 11.1 Å². The maximum Gasteiger partial charge on any atom is 0.225 e. The van der Waals surface area contributed by atoms with E-state index < -0.39 is 0 Å². The number of hydrogen-bond donors (Lipinski definition) is 2. The normalized spacial score (nSPS) is 10.8. The Morgan fingerprint density at radius 1 is 1.17 bits per heavy atom. The summed E-state index contributed by atoms with van der Waals surface area (Å²) in [6.07, 6.45) is 4.00. The molecule has 0 unspecified atom stereocenters. The molecule has 0 saturated carbocycles. The maximum absolute atomic E-state index is 12.2. The van der Waals surface area contributed by atoms with Crippen molar-refractivity contribution in [3.8, 4) is 0 Å². The van der Waals surface area contributed by atoms with Crippen molar-refractivity contribution in [2.75, 3.05) is 11.9 Å². The first kappa shape index (κ1) is 17.2. The van der Waals surface area contributed by atoms with E-state index in [1.807, 2.05) is 31.2 Å². The third-order valence-corrected chi connectivity index (χ3v) is 3.80. The molecule has 4 heteroatoms. The quantitative estimate of drug-likeness (QED) is 0.768. The van der Waals surface area contributed by atoms with Gasteiger partial charge in [0.25, 0.3) is 0 Å². The van der Waals surface area contributed by atoms with E-state index in [0.717, 1.165) is 17.8 Å². The molecule has 0 atom stereocenters. The van der Waals surface area contributed by atoms with Crippen LogP contribution in [-0.2, 0) is 11.3 Å². The van der Waals surface area contributed by atoms with Crippen molar-refractivity contribution in [2.45, 2.75) is 39.7 Å². The molecule has 4 nitrogen and oxygen atoms in total. The second kappa shape index (κ2) is 8.44. The van der Waals surface area contributed by atoms with E-state index in [1.54, 1.807) is 12.4 Å². The second-order valence-corrected chi connectivity index (χ2v) is 6.02. The standard InChI is InChI=1S/C19H25N3O/c1-14(2)17-6-4-5-15(3)19(17)22-18(23)9-12-21-13-16-7-10-20-11-8-16/h4-8,10-11,14,21H,9,12-13H2,1-3H3,(H,22,23). The number of nitrogens with zero attached hydrogens (tertiary/aromatic N) is 1. The van der Waals surface area contributed by atoms with Gasteiger partial charge in [-0.05, 0) is 41.7 Å². The van der Waals surface area contributed by atoms with Gasteiger partial charge >= 0.3 is 0 Å². The summed E-state index contributed by atoms with van der Waals surface area (Å²) in [7, 11) is 0. The fourth-order valence-corrected chi connectivity index (χ4v) is 2.48. The van der Waals surface area contributed by atoms with Gasteiger partial charge in [-0.15, -0.1) is 0 Å². The van der Waals surface area contributed by atoms with Crippen LogP contribution in [0.3, 0.4) is 0 Å². The molecular weight excluding hydrogens is 286 g/mol. The van der Waals surface area contributed by atoms with Crippen LogP contribution in [0.1, 0.15) is 42.9 Å². The average Bonchev–Trinajstić information content (AvgIpc) is 2.54. The molecule has 0 aliphatic heterocycles. The molecule has 0 fully saturated rings. The molecule has 23 heavy (non-hydrogen) atoms. The summed E-state index contributed by atoms with van der Waals surface area (Å²) in [4.78, 5) is 16.2. The van der Waals surface area contributed by atoms with E-state index in [0.29, 0.717) is 18.9 Å². The Kier molecular flexibility index (Phi) is 6.29. The minimum atomic E-state index is 0.0448. The highest BCUT2D eigenvalue weighted by Gasteiger charge is 2.11. The number of benzene rings is 1. The number of para-hydroxylation sites is 1. The fourth-order valence-electron chi connectivity index (χ4n) is 2.48. The minimum absolute atomic E-state index is 0.0448. The maximum atomic E-state index is 12.2. The summed E-state index contributed by atoms with van der Waals surface area (Å²) in [6, 6.07) is 10.1. The second-order valence-electron chi connectivity index (χ2n) is 6.02. The third kappa shape index (κ3) is 5.18. The molecule has 2 rings (SSSR count). The SMILES string of the molecule is Cc1cccc(C(C)C)c1NC(=O)CCNCc1ccncc1. The Hall–Kier alpha value is -2.20. The molecule has 0 spiro atoms. The molecule has 0 aliphatic rings. The smallest absolute Gasteiger partial charge is 0.225 e. The number of amides is 1. The highest BCUT2D eigenvalue weighted by Crippen LogP contribution is 2.27. The Morgan fingerprint density at radius 3 is 2.61 bits per heavy atom. The van der Waals surface area contributed by atoms with Gasteiger partial charge in [0, 0.05) is 37.6 Å². The van der Waals surface area contributed by atoms with Crippen LogP contribution in [-0.4, -0.2) is 17.4 Å². The van der Waals surface area contributed by atoms with Crippen LogP contribution < -0.4 is 10.6 Å². The molecule has 0 aliphatic carbocycles. The first-order chi connectivity index (χ1) is 11.1. The zero-order valence-electron chi connectivity index (χ0n) is 14.1. The van der Waals surface area contributed by atoms with Crippen LogP contribution in [0.4, 0.5) is 5.69 Å². The molecule has 122 valence electrons. The minimum Gasteiger partial charge on any atom is -0.326 e. The predicted molar refractivity (Wildman–Crippen MR) is 94.5 cm³/mol. The average molecular weight is 311 g/mol. The Bertz CT molecular complexity index is 638. The van der Waals surface area contributed by atoms with Crippen molar-refractivity contribution >= 4 is 11.6 Å². The van der Waals surface area contributed by atoms with Crippen LogP contribution in [0.5, 0.6) is 0 Å². The van der Waals surface area contributed by atoms with Gasteiger partial charge in [0.2, 0.25) is 5.91 Å². The Morgan fingerprint density at radius 2 is 1.91 bits per heavy atom. The highest BCUT2D eigenvalue weighted by molar-refractivity contribution is 5.92. The molecule has 1 aromatic heterocycles. The van der Waals surface area contributed by atoms with E-state index in [9.17, 15) is 4.79 Å². The molecule has 2 aromatic rings. The fraction of sp³-hybridized carbons (Fsp3) is 0.368. The number of nitrogens with one attached hydrogen (secondary N) is 2. The van der Waals surface area contributed by atoms with E-state index in [-0.39, 0.29) is 5.91 Å². The summed E-state index contributed by atoms with van der Waals surface area (Å²) < 4.78 is 0. The predicted octanol–water partition coefficient (Wildman–Crippen LogP) is 3.63. The number of carbonyl (C=O) groups excluding carboxylic acids is 1. The lowest BCUT2D eigenvalue weighted by Crippen LogP contribution is -2.22. The van der Waals surface area contributed by atoms with Gasteiger partial charge in [-0.1, -0.05) is 32.0 Å². The summed E-state index contributed by atoms with van der Waals surface area (Å²) >= 11 is 0. The third-order valence-electron chi connectivity index (χ3n) is 3.80. The molecule has 1 aromatic carbocycles. The number of rotatable bonds is 7. The number of anilines is 1. The van der Waals surface area contributed by atoms with E-state index in [4.69, 9.17) is 0 Å². The topological polar surface area (TPSA) is 54.0 Å². The van der Waals surface area contributed by atoms with Gasteiger partial charge < -0.3 is 10.6 Å². The van der Waals surface area contributed by atoms with Gasteiger partial charge in [0.1, 0.15) is 0 Å². The number of aromatic nitrogens is 1. The molecule has 0 radical (unpaired) electrons. The van der Waals surface area contributed by atoms with Crippen LogP contribution >= 0.6 is 0 Å². The van der Waals surface area contributed by atoms with Crippen molar-refractivity contribution in [3.05, 3.63) is 59.4 Å². The van der Waals surface area contributed by atoms with Crippen LogP contribution in [0.25, 0.3) is 0 Å². The van der Waals surface area contributed by atoms with E-state index in [2.05, 4.69) is 35.5 Å². The molecule has 1 heterocycles. The lowest BCUT2D eigenvalue weighted by atomic mass is 9.98. The van der Waals surface area contributed by atoms with Gasteiger partial charge in [-0.25, -0.2) is 0 Å². The zero-order chi connectivity index (χ0) is 16.7. The molecule has 2 N–H and O–H groups in total. The monoisotopic (exact) mass is 311 g/mol. The molecular formula is C19H25N3O. The van der Waals surface area contributed by atoms with E-state index >= 15 is 0 Å².